The van der Waals surface area contributed by atoms with Crippen molar-refractivity contribution in [1.29, 1.82) is 0 Å². The van der Waals surface area contributed by atoms with E-state index in [1.807, 2.05) is 38.1 Å². The van der Waals surface area contributed by atoms with E-state index < -0.39 is 5.97 Å². The number of rotatable bonds is 6. The second-order valence-electron chi connectivity index (χ2n) is 7.68. The molecule has 1 fully saturated rings. The van der Waals surface area contributed by atoms with Gasteiger partial charge in [0.2, 0.25) is 5.91 Å². The Morgan fingerprint density at radius 3 is 2.41 bits per heavy atom. The Hall–Kier alpha value is -2.27. The molecule has 0 aliphatic heterocycles. The molecule has 1 aliphatic carbocycles. The lowest BCUT2D eigenvalue weighted by molar-refractivity contribution is -0.118. The highest BCUT2D eigenvalue weighted by molar-refractivity contribution is 6.30. The summed E-state index contributed by atoms with van der Waals surface area (Å²) in [5.74, 6) is -0.444. The Bertz CT molecular complexity index is 839. The number of hydrogen-bond donors (Lipinski definition) is 2. The molecular weight excluding hydrogens is 388 g/mol. The Morgan fingerprint density at radius 2 is 1.90 bits per heavy atom. The van der Waals surface area contributed by atoms with Gasteiger partial charge in [0, 0.05) is 29.4 Å². The average Bonchev–Trinajstić information content (AvgIpc) is 3.00. The van der Waals surface area contributed by atoms with Gasteiger partial charge in [-0.15, -0.1) is 0 Å². The zero-order chi connectivity index (χ0) is 21.4. The van der Waals surface area contributed by atoms with Gasteiger partial charge in [0.05, 0.1) is 5.56 Å². The molecule has 3 rings (SSSR count). The van der Waals surface area contributed by atoms with Gasteiger partial charge in [0.15, 0.2) is 0 Å². The number of hydrogen-bond acceptors (Lipinski definition) is 2. The molecule has 0 unspecified atom stereocenters. The van der Waals surface area contributed by atoms with Crippen LogP contribution in [-0.4, -0.2) is 21.6 Å². The molecule has 0 radical (unpaired) electrons. The Labute approximate surface area is 177 Å². The predicted molar refractivity (Wildman–Crippen MR) is 117 cm³/mol. The lowest BCUT2D eigenvalue weighted by Crippen LogP contribution is -2.16. The fraction of sp³-hybridized carbons (Fsp3) is 0.478. The maximum Gasteiger partial charge on any atom is 0.337 e. The SMILES string of the molecule is CCCC(N)=O.Cc1c(C(=O)O)cc(-c2cccc(Cl)c2)n1CC1CCCCC1. The topological polar surface area (TPSA) is 85.3 Å². The molecule has 1 heterocycles. The second kappa shape index (κ2) is 11.1. The van der Waals surface area contributed by atoms with Crippen LogP contribution in [0.4, 0.5) is 0 Å². The van der Waals surface area contributed by atoms with Crippen molar-refractivity contribution in [2.75, 3.05) is 0 Å². The normalized spacial score (nSPS) is 14.2. The summed E-state index contributed by atoms with van der Waals surface area (Å²) in [5.41, 5.74) is 7.91. The van der Waals surface area contributed by atoms with Crippen LogP contribution in [0.25, 0.3) is 11.3 Å². The minimum atomic E-state index is -0.867. The fourth-order valence-corrected chi connectivity index (χ4v) is 4.05. The predicted octanol–water partition coefficient (Wildman–Crippen LogP) is 5.67. The third-order valence-electron chi connectivity index (χ3n) is 5.38. The van der Waals surface area contributed by atoms with Crippen LogP contribution >= 0.6 is 11.6 Å². The largest absolute Gasteiger partial charge is 0.478 e. The number of carboxylic acids is 1. The van der Waals surface area contributed by atoms with Crippen molar-refractivity contribution < 1.29 is 14.7 Å². The lowest BCUT2D eigenvalue weighted by atomic mass is 9.89. The summed E-state index contributed by atoms with van der Waals surface area (Å²) in [6, 6.07) is 9.42. The Kier molecular flexibility index (Phi) is 8.77. The van der Waals surface area contributed by atoms with Gasteiger partial charge in [0.25, 0.3) is 0 Å². The molecule has 1 amide bonds. The number of halogens is 1. The van der Waals surface area contributed by atoms with Crippen LogP contribution in [0, 0.1) is 12.8 Å². The number of benzene rings is 1. The van der Waals surface area contributed by atoms with E-state index in [1.165, 1.54) is 32.1 Å². The van der Waals surface area contributed by atoms with Gasteiger partial charge in [-0.25, -0.2) is 4.79 Å². The monoisotopic (exact) mass is 418 g/mol. The number of carbonyl (C=O) groups is 2. The van der Waals surface area contributed by atoms with E-state index in [-0.39, 0.29) is 5.91 Å². The van der Waals surface area contributed by atoms with Gasteiger partial charge in [-0.2, -0.15) is 0 Å². The summed E-state index contributed by atoms with van der Waals surface area (Å²) >= 11 is 6.12. The maximum absolute atomic E-state index is 11.5. The first-order valence-corrected chi connectivity index (χ1v) is 10.7. The van der Waals surface area contributed by atoms with E-state index in [4.69, 9.17) is 17.3 Å². The van der Waals surface area contributed by atoms with E-state index in [1.54, 1.807) is 6.07 Å². The first kappa shape index (κ1) is 23.0. The van der Waals surface area contributed by atoms with Crippen molar-refractivity contribution in [3.8, 4) is 11.3 Å². The minimum absolute atomic E-state index is 0.211. The molecule has 158 valence electrons. The summed E-state index contributed by atoms with van der Waals surface area (Å²) in [7, 11) is 0. The molecule has 3 N–H and O–H groups in total. The number of aromatic nitrogens is 1. The van der Waals surface area contributed by atoms with E-state index in [2.05, 4.69) is 4.57 Å². The quantitative estimate of drug-likeness (QED) is 0.633. The van der Waals surface area contributed by atoms with Gasteiger partial charge in [0.1, 0.15) is 0 Å². The van der Waals surface area contributed by atoms with Gasteiger partial charge in [-0.1, -0.05) is 49.9 Å². The van der Waals surface area contributed by atoms with E-state index in [9.17, 15) is 14.7 Å². The number of nitrogens with zero attached hydrogens (tertiary/aromatic N) is 1. The molecule has 6 heteroatoms. The molecule has 0 saturated heterocycles. The maximum atomic E-state index is 11.5. The zero-order valence-electron chi connectivity index (χ0n) is 17.3. The van der Waals surface area contributed by atoms with Crippen molar-refractivity contribution >= 4 is 23.5 Å². The van der Waals surface area contributed by atoms with E-state index >= 15 is 0 Å². The number of carbonyl (C=O) groups excluding carboxylic acids is 1. The molecule has 1 aliphatic rings. The van der Waals surface area contributed by atoms with Crippen LogP contribution in [0.2, 0.25) is 5.02 Å². The fourth-order valence-electron chi connectivity index (χ4n) is 3.86. The number of amides is 1. The third-order valence-corrected chi connectivity index (χ3v) is 5.61. The summed E-state index contributed by atoms with van der Waals surface area (Å²) in [6.07, 6.45) is 7.72. The van der Waals surface area contributed by atoms with Crippen molar-refractivity contribution in [2.45, 2.75) is 65.3 Å². The average molecular weight is 419 g/mol. The highest BCUT2D eigenvalue weighted by Gasteiger charge is 2.21. The van der Waals surface area contributed by atoms with Crippen molar-refractivity contribution in [2.24, 2.45) is 11.7 Å². The molecule has 1 aromatic carbocycles. The molecular formula is C23H31ClN2O3. The summed E-state index contributed by atoms with van der Waals surface area (Å²) in [4.78, 5) is 21.4. The molecule has 1 saturated carbocycles. The van der Waals surface area contributed by atoms with Crippen LogP contribution in [0.15, 0.2) is 30.3 Å². The zero-order valence-corrected chi connectivity index (χ0v) is 18.0. The van der Waals surface area contributed by atoms with Gasteiger partial charge >= 0.3 is 5.97 Å². The Morgan fingerprint density at radius 1 is 1.21 bits per heavy atom. The molecule has 0 spiro atoms. The van der Waals surface area contributed by atoms with Crippen LogP contribution in [0.1, 0.15) is 67.9 Å². The van der Waals surface area contributed by atoms with Crippen molar-refractivity contribution in [3.05, 3.63) is 46.6 Å². The standard InChI is InChI=1S/C19H22ClNO2.C4H9NO/c1-13-17(19(22)23)11-18(15-8-5-9-16(20)10-15)21(13)12-14-6-3-2-4-7-14;1-2-3-4(5)6/h5,8-11,14H,2-4,6-7,12H2,1H3,(H,22,23);2-3H2,1H3,(H2,5,6). The summed E-state index contributed by atoms with van der Waals surface area (Å²) < 4.78 is 2.17. The van der Waals surface area contributed by atoms with Gasteiger partial charge < -0.3 is 15.4 Å². The first-order valence-electron chi connectivity index (χ1n) is 10.3. The van der Waals surface area contributed by atoms with Crippen LogP contribution in [-0.2, 0) is 11.3 Å². The number of aromatic carboxylic acids is 1. The molecule has 0 atom stereocenters. The second-order valence-corrected chi connectivity index (χ2v) is 8.11. The lowest BCUT2D eigenvalue weighted by Gasteiger charge is -2.24. The van der Waals surface area contributed by atoms with E-state index in [0.717, 1.165) is 29.9 Å². The van der Waals surface area contributed by atoms with Crippen LogP contribution < -0.4 is 5.73 Å². The van der Waals surface area contributed by atoms with Gasteiger partial charge in [-0.3, -0.25) is 4.79 Å². The Balaban J connectivity index is 0.000000438. The third kappa shape index (κ3) is 6.64. The number of primary amides is 1. The molecule has 2 aromatic rings. The molecule has 0 bridgehead atoms. The van der Waals surface area contributed by atoms with Crippen LogP contribution in [0.5, 0.6) is 0 Å². The molecule has 5 nitrogen and oxygen atoms in total. The summed E-state index contributed by atoms with van der Waals surface area (Å²) in [6.45, 7) is 4.71. The molecule has 1 aromatic heterocycles. The number of carboxylic acid groups (broad SMARTS) is 1. The molecule has 29 heavy (non-hydrogen) atoms. The first-order chi connectivity index (χ1) is 13.8. The van der Waals surface area contributed by atoms with Crippen LogP contribution in [0.3, 0.4) is 0 Å². The highest BCUT2D eigenvalue weighted by Crippen LogP contribution is 2.32. The van der Waals surface area contributed by atoms with Crippen molar-refractivity contribution in [3.63, 3.8) is 0 Å². The van der Waals surface area contributed by atoms with Crippen molar-refractivity contribution in [1.82, 2.24) is 4.57 Å². The van der Waals surface area contributed by atoms with Gasteiger partial charge in [-0.05, 0) is 55.9 Å². The number of nitrogens with two attached hydrogens (primary N) is 1. The highest BCUT2D eigenvalue weighted by atomic mass is 35.5. The summed E-state index contributed by atoms with van der Waals surface area (Å²) in [5, 5.41) is 10.1. The smallest absolute Gasteiger partial charge is 0.337 e. The minimum Gasteiger partial charge on any atom is -0.478 e. The van der Waals surface area contributed by atoms with E-state index in [0.29, 0.717) is 22.9 Å².